The predicted molar refractivity (Wildman–Crippen MR) is 118 cm³/mol. The van der Waals surface area contributed by atoms with Crippen molar-refractivity contribution in [2.24, 2.45) is 0 Å². The minimum absolute atomic E-state index is 0.403. The fraction of sp³-hybridized carbons (Fsp3) is 0.300. The van der Waals surface area contributed by atoms with Crippen LogP contribution in [0.1, 0.15) is 25.5 Å². The van der Waals surface area contributed by atoms with Crippen LogP contribution in [0.5, 0.6) is 0 Å². The first-order valence-electron chi connectivity index (χ1n) is 9.40. The summed E-state index contributed by atoms with van der Waals surface area (Å²) in [6, 6.07) is 5.34. The zero-order valence-corrected chi connectivity index (χ0v) is 17.8. The Morgan fingerprint density at radius 3 is 2.73 bits per heavy atom. The maximum atomic E-state index is 11.0. The molecular formula is C20H20Cl2N6O2. The van der Waals surface area contributed by atoms with Crippen molar-refractivity contribution >= 4 is 52.4 Å². The number of aromatic amines is 1. The average molecular weight is 447 g/mol. The molecule has 30 heavy (non-hydrogen) atoms. The summed E-state index contributed by atoms with van der Waals surface area (Å²) in [6.45, 7) is 7.07. The highest BCUT2D eigenvalue weighted by Crippen LogP contribution is 2.36. The third-order valence-corrected chi connectivity index (χ3v) is 6.20. The van der Waals surface area contributed by atoms with Gasteiger partial charge in [-0.3, -0.25) is 5.10 Å². The van der Waals surface area contributed by atoms with Gasteiger partial charge in [0.2, 0.25) is 0 Å². The van der Waals surface area contributed by atoms with Crippen molar-refractivity contribution in [3.05, 3.63) is 40.5 Å². The van der Waals surface area contributed by atoms with Crippen molar-refractivity contribution in [2.45, 2.75) is 25.3 Å². The smallest absolute Gasteiger partial charge is 0.405 e. The highest BCUT2D eigenvalue weighted by Gasteiger charge is 2.33. The standard InChI is InChI=1S/C20H20Cl2N6O2/c1-3-13-18(28-9-7-20(2,8-10-28)25-19(29)30)24-17-16(23-13)15(26-27-17)11-5-4-6-12(21)14(11)22/h3-6,25H,1,7-10H2,2H3,(H,29,30)(H,24,26,27). The number of nitrogens with one attached hydrogen (secondary N) is 2. The molecule has 1 aromatic carbocycles. The molecule has 1 fully saturated rings. The molecule has 0 atom stereocenters. The SMILES string of the molecule is C=Cc1nc2c(-c3cccc(Cl)c3Cl)n[nH]c2nc1N1CCC(C)(NC(=O)O)CC1. The number of rotatable bonds is 4. The van der Waals surface area contributed by atoms with Crippen LogP contribution in [0.15, 0.2) is 24.8 Å². The Morgan fingerprint density at radius 2 is 2.07 bits per heavy atom. The molecule has 156 valence electrons. The second-order valence-corrected chi connectivity index (χ2v) is 8.27. The van der Waals surface area contributed by atoms with Crippen LogP contribution >= 0.6 is 23.2 Å². The molecular weight excluding hydrogens is 427 g/mol. The fourth-order valence-corrected chi connectivity index (χ4v) is 4.07. The van der Waals surface area contributed by atoms with Gasteiger partial charge in [0, 0.05) is 24.2 Å². The minimum Gasteiger partial charge on any atom is -0.465 e. The number of piperidine rings is 1. The monoisotopic (exact) mass is 446 g/mol. The number of amides is 1. The molecule has 1 saturated heterocycles. The number of hydrogen-bond donors (Lipinski definition) is 3. The van der Waals surface area contributed by atoms with E-state index >= 15 is 0 Å². The summed E-state index contributed by atoms with van der Waals surface area (Å²) < 4.78 is 0. The van der Waals surface area contributed by atoms with Crippen molar-refractivity contribution in [1.29, 1.82) is 0 Å². The van der Waals surface area contributed by atoms with E-state index in [0.717, 1.165) is 0 Å². The number of nitrogens with zero attached hydrogens (tertiary/aromatic N) is 4. The van der Waals surface area contributed by atoms with Gasteiger partial charge >= 0.3 is 6.09 Å². The third-order valence-electron chi connectivity index (χ3n) is 5.38. The van der Waals surface area contributed by atoms with Crippen LogP contribution in [0.3, 0.4) is 0 Å². The molecule has 3 aromatic rings. The summed E-state index contributed by atoms with van der Waals surface area (Å²) in [6.07, 6.45) is 1.95. The van der Waals surface area contributed by atoms with Crippen LogP contribution in [0.4, 0.5) is 10.6 Å². The number of carbonyl (C=O) groups is 1. The number of benzene rings is 1. The molecule has 3 heterocycles. The van der Waals surface area contributed by atoms with Crippen LogP contribution in [0.2, 0.25) is 10.0 Å². The van der Waals surface area contributed by atoms with Gasteiger partial charge in [0.15, 0.2) is 11.5 Å². The molecule has 1 amide bonds. The van der Waals surface area contributed by atoms with Crippen molar-refractivity contribution < 1.29 is 9.90 Å². The lowest BCUT2D eigenvalue weighted by Gasteiger charge is -2.39. The van der Waals surface area contributed by atoms with E-state index in [0.29, 0.717) is 69.9 Å². The van der Waals surface area contributed by atoms with Gasteiger partial charge in [0.05, 0.1) is 10.0 Å². The number of halogens is 2. The first-order chi connectivity index (χ1) is 14.3. The van der Waals surface area contributed by atoms with Crippen molar-refractivity contribution in [3.8, 4) is 11.3 Å². The van der Waals surface area contributed by atoms with Crippen molar-refractivity contribution in [3.63, 3.8) is 0 Å². The summed E-state index contributed by atoms with van der Waals surface area (Å²) in [4.78, 5) is 22.6. The predicted octanol–water partition coefficient (Wildman–Crippen LogP) is 4.60. The lowest BCUT2D eigenvalue weighted by atomic mass is 9.90. The number of fused-ring (bicyclic) bond motifs is 1. The summed E-state index contributed by atoms with van der Waals surface area (Å²) in [5.41, 5.74) is 2.50. The summed E-state index contributed by atoms with van der Waals surface area (Å²) in [5.74, 6) is 0.683. The molecule has 8 nitrogen and oxygen atoms in total. The minimum atomic E-state index is -1.01. The van der Waals surface area contributed by atoms with E-state index in [2.05, 4.69) is 27.0 Å². The van der Waals surface area contributed by atoms with Gasteiger partial charge in [0.25, 0.3) is 0 Å². The Bertz CT molecular complexity index is 1140. The molecule has 0 aliphatic carbocycles. The van der Waals surface area contributed by atoms with E-state index in [1.807, 2.05) is 13.0 Å². The fourth-order valence-electron chi connectivity index (χ4n) is 3.68. The molecule has 0 bridgehead atoms. The Hall–Kier alpha value is -2.84. The van der Waals surface area contributed by atoms with E-state index < -0.39 is 11.6 Å². The lowest BCUT2D eigenvalue weighted by Crippen LogP contribution is -2.53. The van der Waals surface area contributed by atoms with Crippen LogP contribution in [0, 0.1) is 0 Å². The molecule has 2 aromatic heterocycles. The Morgan fingerprint density at radius 1 is 1.33 bits per heavy atom. The number of aromatic nitrogens is 4. The number of hydrogen-bond acceptors (Lipinski definition) is 5. The first-order valence-corrected chi connectivity index (χ1v) is 10.2. The molecule has 0 spiro atoms. The van der Waals surface area contributed by atoms with Gasteiger partial charge in [-0.15, -0.1) is 0 Å². The number of H-pyrrole nitrogens is 1. The highest BCUT2D eigenvalue weighted by molar-refractivity contribution is 6.43. The van der Waals surface area contributed by atoms with Crippen LogP contribution in [-0.2, 0) is 0 Å². The van der Waals surface area contributed by atoms with Crippen LogP contribution in [-0.4, -0.2) is 50.0 Å². The van der Waals surface area contributed by atoms with Gasteiger partial charge < -0.3 is 15.3 Å². The van der Waals surface area contributed by atoms with Gasteiger partial charge in [0.1, 0.15) is 16.9 Å². The number of anilines is 1. The molecule has 1 aliphatic heterocycles. The van der Waals surface area contributed by atoms with Gasteiger partial charge in [-0.25, -0.2) is 14.8 Å². The summed E-state index contributed by atoms with van der Waals surface area (Å²) in [5, 5.41) is 19.8. The van der Waals surface area contributed by atoms with Gasteiger partial charge in [-0.05, 0) is 31.9 Å². The molecule has 1 aliphatic rings. The van der Waals surface area contributed by atoms with E-state index in [9.17, 15) is 4.79 Å². The van der Waals surface area contributed by atoms with Crippen molar-refractivity contribution in [2.75, 3.05) is 18.0 Å². The Balaban J connectivity index is 1.69. The van der Waals surface area contributed by atoms with Crippen LogP contribution in [0.25, 0.3) is 28.5 Å². The molecule has 10 heteroatoms. The zero-order chi connectivity index (χ0) is 21.5. The first kappa shape index (κ1) is 20.4. The van der Waals surface area contributed by atoms with Crippen LogP contribution < -0.4 is 10.2 Å². The molecule has 4 rings (SSSR count). The molecule has 0 radical (unpaired) electrons. The quantitative estimate of drug-likeness (QED) is 0.540. The summed E-state index contributed by atoms with van der Waals surface area (Å²) >= 11 is 12.5. The third kappa shape index (κ3) is 3.68. The van der Waals surface area contributed by atoms with Gasteiger partial charge in [-0.2, -0.15) is 5.10 Å². The lowest BCUT2D eigenvalue weighted by molar-refractivity contribution is 0.173. The second kappa shape index (κ2) is 7.77. The maximum absolute atomic E-state index is 11.0. The summed E-state index contributed by atoms with van der Waals surface area (Å²) in [7, 11) is 0. The van der Waals surface area contributed by atoms with Crippen molar-refractivity contribution in [1.82, 2.24) is 25.5 Å². The topological polar surface area (TPSA) is 107 Å². The zero-order valence-electron chi connectivity index (χ0n) is 16.2. The maximum Gasteiger partial charge on any atom is 0.405 e. The highest BCUT2D eigenvalue weighted by atomic mass is 35.5. The molecule has 0 unspecified atom stereocenters. The van der Waals surface area contributed by atoms with E-state index in [1.54, 1.807) is 18.2 Å². The molecule has 0 saturated carbocycles. The Kier molecular flexibility index (Phi) is 5.29. The van der Waals surface area contributed by atoms with E-state index in [-0.39, 0.29) is 0 Å². The largest absolute Gasteiger partial charge is 0.465 e. The normalized spacial score (nSPS) is 15.9. The average Bonchev–Trinajstić information content (AvgIpc) is 3.11. The van der Waals surface area contributed by atoms with E-state index in [4.69, 9.17) is 38.3 Å². The molecule has 3 N–H and O–H groups in total. The number of carboxylic acid groups (broad SMARTS) is 1. The van der Waals surface area contributed by atoms with E-state index in [1.165, 1.54) is 0 Å². The van der Waals surface area contributed by atoms with Gasteiger partial charge in [-0.1, -0.05) is 41.9 Å². The Labute approximate surface area is 182 Å². The second-order valence-electron chi connectivity index (χ2n) is 7.49.